The molecule has 1 rings (SSSR count). The summed E-state index contributed by atoms with van der Waals surface area (Å²) in [5.74, 6) is -1.20. The van der Waals surface area contributed by atoms with Crippen LogP contribution >= 0.6 is 11.6 Å². The Morgan fingerprint density at radius 2 is 2.22 bits per heavy atom. The zero-order valence-electron chi connectivity index (χ0n) is 10.0. The van der Waals surface area contributed by atoms with Crippen molar-refractivity contribution < 1.29 is 19.7 Å². The molecule has 100 valence electrons. The van der Waals surface area contributed by atoms with E-state index in [2.05, 4.69) is 5.32 Å². The van der Waals surface area contributed by atoms with Crippen molar-refractivity contribution in [2.75, 3.05) is 20.3 Å². The van der Waals surface area contributed by atoms with E-state index in [-0.39, 0.29) is 16.7 Å². The number of carbonyl (C=O) groups excluding carboxylic acids is 1. The van der Waals surface area contributed by atoms with Gasteiger partial charge in [0.25, 0.3) is 5.91 Å². The van der Waals surface area contributed by atoms with Gasteiger partial charge in [-0.2, -0.15) is 0 Å². The Hall–Kier alpha value is -1.46. The van der Waals surface area contributed by atoms with E-state index >= 15 is 0 Å². The predicted octanol–water partition coefficient (Wildman–Crippen LogP) is 1.47. The van der Waals surface area contributed by atoms with Crippen molar-refractivity contribution >= 4 is 17.5 Å². The number of alkyl halides is 1. The van der Waals surface area contributed by atoms with Crippen LogP contribution in [0, 0.1) is 0 Å². The highest BCUT2D eigenvalue weighted by atomic mass is 35.5. The summed E-state index contributed by atoms with van der Waals surface area (Å²) < 4.78 is 4.86. The van der Waals surface area contributed by atoms with Crippen LogP contribution in [0.15, 0.2) is 18.2 Å². The number of carbonyl (C=O) groups is 1. The number of phenolic OH excluding ortho intramolecular Hbond substituents is 2. The third-order valence-corrected chi connectivity index (χ3v) is 2.69. The van der Waals surface area contributed by atoms with Crippen molar-refractivity contribution in [1.82, 2.24) is 5.32 Å². The Morgan fingerprint density at radius 1 is 1.50 bits per heavy atom. The lowest BCUT2D eigenvalue weighted by atomic mass is 10.1. The van der Waals surface area contributed by atoms with Gasteiger partial charge in [0, 0.05) is 13.7 Å². The van der Waals surface area contributed by atoms with E-state index in [0.717, 1.165) is 0 Å². The van der Waals surface area contributed by atoms with Gasteiger partial charge in [0.05, 0.1) is 17.5 Å². The molecular formula is C12H16ClNO4. The molecule has 1 amide bonds. The van der Waals surface area contributed by atoms with Crippen molar-refractivity contribution in [3.63, 3.8) is 0 Å². The average molecular weight is 274 g/mol. The highest BCUT2D eigenvalue weighted by molar-refractivity contribution is 6.20. The van der Waals surface area contributed by atoms with E-state index in [4.69, 9.17) is 16.3 Å². The van der Waals surface area contributed by atoms with Crippen LogP contribution in [0.2, 0.25) is 0 Å². The van der Waals surface area contributed by atoms with Crippen LogP contribution in [-0.2, 0) is 4.74 Å². The molecule has 0 aliphatic heterocycles. The minimum Gasteiger partial charge on any atom is -0.504 e. The third kappa shape index (κ3) is 4.09. The van der Waals surface area contributed by atoms with Crippen LogP contribution in [0.25, 0.3) is 0 Å². The first-order chi connectivity index (χ1) is 8.56. The Kier molecular flexibility index (Phi) is 5.74. The molecule has 0 saturated heterocycles. The molecule has 5 nitrogen and oxygen atoms in total. The molecule has 0 fully saturated rings. The number of amides is 1. The summed E-state index contributed by atoms with van der Waals surface area (Å²) in [6.07, 6.45) is 0.556. The van der Waals surface area contributed by atoms with E-state index in [0.29, 0.717) is 19.6 Å². The summed E-state index contributed by atoms with van der Waals surface area (Å²) in [7, 11) is 1.55. The Balaban J connectivity index is 2.48. The number of hydrogen-bond donors (Lipinski definition) is 3. The number of halogens is 1. The maximum atomic E-state index is 11.7. The molecule has 1 atom stereocenters. The second-order valence-electron chi connectivity index (χ2n) is 3.77. The number of aromatic hydroxyl groups is 2. The lowest BCUT2D eigenvalue weighted by Gasteiger charge is -2.10. The SMILES string of the molecule is COCC(Cl)CCNC(=O)c1cccc(O)c1O. The molecule has 0 heterocycles. The molecule has 0 aliphatic rings. The smallest absolute Gasteiger partial charge is 0.255 e. The van der Waals surface area contributed by atoms with Gasteiger partial charge in [0.1, 0.15) is 0 Å². The monoisotopic (exact) mass is 273 g/mol. The first-order valence-corrected chi connectivity index (χ1v) is 5.92. The average Bonchev–Trinajstić information content (AvgIpc) is 2.33. The molecule has 0 radical (unpaired) electrons. The lowest BCUT2D eigenvalue weighted by molar-refractivity contribution is 0.0948. The number of nitrogens with one attached hydrogen (secondary N) is 1. The van der Waals surface area contributed by atoms with Gasteiger partial charge in [-0.25, -0.2) is 0 Å². The molecule has 0 aliphatic carbocycles. The van der Waals surface area contributed by atoms with Crippen molar-refractivity contribution in [3.8, 4) is 11.5 Å². The number of methoxy groups -OCH3 is 1. The fraction of sp³-hybridized carbons (Fsp3) is 0.417. The van der Waals surface area contributed by atoms with Gasteiger partial charge >= 0.3 is 0 Å². The third-order valence-electron chi connectivity index (χ3n) is 2.35. The Bertz CT molecular complexity index is 411. The van der Waals surface area contributed by atoms with Gasteiger partial charge in [0.15, 0.2) is 11.5 Å². The Morgan fingerprint density at radius 3 is 2.89 bits per heavy atom. The summed E-state index contributed by atoms with van der Waals surface area (Å²) in [6, 6.07) is 4.22. The summed E-state index contributed by atoms with van der Waals surface area (Å²) >= 11 is 5.90. The zero-order chi connectivity index (χ0) is 13.5. The standard InChI is InChI=1S/C12H16ClNO4/c1-18-7-8(13)5-6-14-12(17)9-3-2-4-10(15)11(9)16/h2-4,8,15-16H,5-7H2,1H3,(H,14,17). The molecule has 1 aromatic carbocycles. The van der Waals surface area contributed by atoms with Gasteiger partial charge in [-0.3, -0.25) is 4.79 Å². The van der Waals surface area contributed by atoms with Crippen LogP contribution in [0.1, 0.15) is 16.8 Å². The van der Waals surface area contributed by atoms with Crippen molar-refractivity contribution in [2.45, 2.75) is 11.8 Å². The summed E-state index contributed by atoms with van der Waals surface area (Å²) in [4.78, 5) is 11.7. The molecule has 0 bridgehead atoms. The molecule has 1 aromatic rings. The lowest BCUT2D eigenvalue weighted by Crippen LogP contribution is -2.27. The number of phenols is 2. The fourth-order valence-corrected chi connectivity index (χ4v) is 1.65. The maximum Gasteiger partial charge on any atom is 0.255 e. The second-order valence-corrected chi connectivity index (χ2v) is 4.39. The van der Waals surface area contributed by atoms with Gasteiger partial charge in [-0.1, -0.05) is 6.07 Å². The van der Waals surface area contributed by atoms with E-state index in [1.165, 1.54) is 18.2 Å². The summed E-state index contributed by atoms with van der Waals surface area (Å²) in [5.41, 5.74) is 0.0351. The molecular weight excluding hydrogens is 258 g/mol. The summed E-state index contributed by atoms with van der Waals surface area (Å²) in [6.45, 7) is 0.778. The molecule has 0 saturated carbocycles. The van der Waals surface area contributed by atoms with E-state index in [1.54, 1.807) is 7.11 Å². The second kappa shape index (κ2) is 7.08. The highest BCUT2D eigenvalue weighted by Crippen LogP contribution is 2.27. The first kappa shape index (κ1) is 14.6. The topological polar surface area (TPSA) is 78.8 Å². The fourth-order valence-electron chi connectivity index (χ4n) is 1.42. The Labute approximate surface area is 110 Å². The van der Waals surface area contributed by atoms with Crippen molar-refractivity contribution in [2.24, 2.45) is 0 Å². The first-order valence-electron chi connectivity index (χ1n) is 5.48. The number of para-hydroxylation sites is 1. The number of benzene rings is 1. The van der Waals surface area contributed by atoms with Gasteiger partial charge in [-0.05, 0) is 18.6 Å². The molecule has 18 heavy (non-hydrogen) atoms. The van der Waals surface area contributed by atoms with Crippen molar-refractivity contribution in [3.05, 3.63) is 23.8 Å². The minimum atomic E-state index is -0.454. The molecule has 6 heteroatoms. The van der Waals surface area contributed by atoms with Gasteiger partial charge in [-0.15, -0.1) is 11.6 Å². The molecule has 0 aromatic heterocycles. The van der Waals surface area contributed by atoms with E-state index in [1.807, 2.05) is 0 Å². The predicted molar refractivity (Wildman–Crippen MR) is 68.2 cm³/mol. The normalized spacial score (nSPS) is 12.1. The van der Waals surface area contributed by atoms with Crippen molar-refractivity contribution in [1.29, 1.82) is 0 Å². The highest BCUT2D eigenvalue weighted by Gasteiger charge is 2.13. The number of ether oxygens (including phenoxy) is 1. The van der Waals surface area contributed by atoms with Crippen LogP contribution in [0.5, 0.6) is 11.5 Å². The number of hydrogen-bond acceptors (Lipinski definition) is 4. The molecule has 1 unspecified atom stereocenters. The number of rotatable bonds is 6. The van der Waals surface area contributed by atoms with Crippen LogP contribution in [0.3, 0.4) is 0 Å². The molecule has 3 N–H and O–H groups in total. The minimum absolute atomic E-state index is 0.0351. The molecule has 0 spiro atoms. The summed E-state index contributed by atoms with van der Waals surface area (Å²) in [5, 5.41) is 21.2. The van der Waals surface area contributed by atoms with Gasteiger partial charge in [0.2, 0.25) is 0 Å². The van der Waals surface area contributed by atoms with E-state index in [9.17, 15) is 15.0 Å². The quantitative estimate of drug-likeness (QED) is 0.542. The van der Waals surface area contributed by atoms with Crippen LogP contribution < -0.4 is 5.32 Å². The maximum absolute atomic E-state index is 11.7. The van der Waals surface area contributed by atoms with E-state index < -0.39 is 11.7 Å². The van der Waals surface area contributed by atoms with Gasteiger partial charge < -0.3 is 20.3 Å². The largest absolute Gasteiger partial charge is 0.504 e. The zero-order valence-corrected chi connectivity index (χ0v) is 10.8. The van der Waals surface area contributed by atoms with Crippen LogP contribution in [0.4, 0.5) is 0 Å². The van der Waals surface area contributed by atoms with Crippen LogP contribution in [-0.4, -0.2) is 41.8 Å².